The molecule has 3 atom stereocenters. The van der Waals surface area contributed by atoms with E-state index in [9.17, 15) is 10.2 Å². The third-order valence-electron chi connectivity index (χ3n) is 3.89. The van der Waals surface area contributed by atoms with E-state index < -0.39 is 0 Å². The SMILES string of the molecule is CC[C@H](O)c1ccc(N2CCC(O)C(C)C2)cc1. The molecule has 0 aliphatic carbocycles. The van der Waals surface area contributed by atoms with Crippen LogP contribution in [0.1, 0.15) is 38.4 Å². The van der Waals surface area contributed by atoms with Gasteiger partial charge in [0, 0.05) is 18.8 Å². The van der Waals surface area contributed by atoms with Gasteiger partial charge < -0.3 is 15.1 Å². The number of hydrogen-bond acceptors (Lipinski definition) is 3. The molecule has 0 amide bonds. The maximum absolute atomic E-state index is 9.76. The maximum Gasteiger partial charge on any atom is 0.0787 e. The van der Waals surface area contributed by atoms with E-state index in [2.05, 4.69) is 24.0 Å². The first-order chi connectivity index (χ1) is 8.61. The number of nitrogens with zero attached hydrogens (tertiary/aromatic N) is 1. The number of hydrogen-bond donors (Lipinski definition) is 2. The molecular weight excluding hydrogens is 226 g/mol. The largest absolute Gasteiger partial charge is 0.393 e. The lowest BCUT2D eigenvalue weighted by molar-refractivity contribution is 0.0971. The second-order valence-electron chi connectivity index (χ2n) is 5.29. The van der Waals surface area contributed by atoms with Crippen LogP contribution in [0.15, 0.2) is 24.3 Å². The summed E-state index contributed by atoms with van der Waals surface area (Å²) in [6.07, 6.45) is 1.05. The summed E-state index contributed by atoms with van der Waals surface area (Å²) in [5.74, 6) is 0.319. The monoisotopic (exact) mass is 249 g/mol. The lowest BCUT2D eigenvalue weighted by atomic mass is 9.96. The van der Waals surface area contributed by atoms with Gasteiger partial charge in [0.15, 0.2) is 0 Å². The van der Waals surface area contributed by atoms with Crippen molar-refractivity contribution < 1.29 is 10.2 Å². The fourth-order valence-corrected chi connectivity index (χ4v) is 2.51. The summed E-state index contributed by atoms with van der Waals surface area (Å²) in [5.41, 5.74) is 2.16. The van der Waals surface area contributed by atoms with E-state index in [0.717, 1.165) is 31.5 Å². The first-order valence-electron chi connectivity index (χ1n) is 6.83. The van der Waals surface area contributed by atoms with Crippen LogP contribution in [-0.4, -0.2) is 29.4 Å². The van der Waals surface area contributed by atoms with Crippen molar-refractivity contribution in [2.75, 3.05) is 18.0 Å². The quantitative estimate of drug-likeness (QED) is 0.864. The maximum atomic E-state index is 9.76. The third kappa shape index (κ3) is 2.85. The van der Waals surface area contributed by atoms with Crippen molar-refractivity contribution in [2.45, 2.75) is 38.9 Å². The van der Waals surface area contributed by atoms with Gasteiger partial charge in [-0.2, -0.15) is 0 Å². The van der Waals surface area contributed by atoms with Crippen molar-refractivity contribution in [3.05, 3.63) is 29.8 Å². The molecule has 18 heavy (non-hydrogen) atoms. The minimum atomic E-state index is -0.360. The highest BCUT2D eigenvalue weighted by atomic mass is 16.3. The molecular formula is C15H23NO2. The van der Waals surface area contributed by atoms with E-state index in [1.54, 1.807) is 0 Å². The molecule has 1 saturated heterocycles. The van der Waals surface area contributed by atoms with Crippen molar-refractivity contribution in [3.8, 4) is 0 Å². The van der Waals surface area contributed by atoms with Crippen LogP contribution in [0.2, 0.25) is 0 Å². The summed E-state index contributed by atoms with van der Waals surface area (Å²) in [7, 11) is 0. The van der Waals surface area contributed by atoms with Crippen molar-refractivity contribution >= 4 is 5.69 Å². The van der Waals surface area contributed by atoms with Crippen molar-refractivity contribution in [2.24, 2.45) is 5.92 Å². The van der Waals surface area contributed by atoms with Gasteiger partial charge in [0.05, 0.1) is 12.2 Å². The van der Waals surface area contributed by atoms with Gasteiger partial charge in [-0.05, 0) is 36.5 Å². The molecule has 3 heteroatoms. The highest BCUT2D eigenvalue weighted by Crippen LogP contribution is 2.25. The Morgan fingerprint density at radius 1 is 1.33 bits per heavy atom. The third-order valence-corrected chi connectivity index (χ3v) is 3.89. The summed E-state index contributed by atoms with van der Waals surface area (Å²) in [4.78, 5) is 2.31. The zero-order chi connectivity index (χ0) is 13.1. The molecule has 100 valence electrons. The second-order valence-corrected chi connectivity index (χ2v) is 5.29. The molecule has 0 radical (unpaired) electrons. The van der Waals surface area contributed by atoms with Crippen molar-refractivity contribution in [3.63, 3.8) is 0 Å². The number of piperidine rings is 1. The van der Waals surface area contributed by atoms with E-state index in [1.807, 2.05) is 19.1 Å². The van der Waals surface area contributed by atoms with E-state index in [0.29, 0.717) is 5.92 Å². The second kappa shape index (κ2) is 5.72. The minimum Gasteiger partial charge on any atom is -0.393 e. The predicted molar refractivity (Wildman–Crippen MR) is 73.7 cm³/mol. The van der Waals surface area contributed by atoms with Crippen LogP contribution in [0.5, 0.6) is 0 Å². The van der Waals surface area contributed by atoms with Gasteiger partial charge in [-0.1, -0.05) is 26.0 Å². The topological polar surface area (TPSA) is 43.7 Å². The Morgan fingerprint density at radius 3 is 2.56 bits per heavy atom. The molecule has 3 nitrogen and oxygen atoms in total. The zero-order valence-corrected chi connectivity index (χ0v) is 11.2. The normalized spacial score (nSPS) is 26.1. The first kappa shape index (κ1) is 13.4. The Kier molecular flexibility index (Phi) is 4.25. The first-order valence-corrected chi connectivity index (χ1v) is 6.83. The van der Waals surface area contributed by atoms with Gasteiger partial charge in [-0.15, -0.1) is 0 Å². The van der Waals surface area contributed by atoms with Gasteiger partial charge in [0.1, 0.15) is 0 Å². The van der Waals surface area contributed by atoms with Gasteiger partial charge in [-0.3, -0.25) is 0 Å². The molecule has 1 heterocycles. The van der Waals surface area contributed by atoms with Crippen LogP contribution in [0, 0.1) is 5.92 Å². The molecule has 1 aromatic carbocycles. The summed E-state index contributed by atoms with van der Waals surface area (Å²) in [6.45, 7) is 5.87. The van der Waals surface area contributed by atoms with Gasteiger partial charge in [-0.25, -0.2) is 0 Å². The molecule has 0 bridgehead atoms. The molecule has 1 aliphatic rings. The standard InChI is InChI=1S/C15H23NO2/c1-3-14(17)12-4-6-13(7-5-12)16-9-8-15(18)11(2)10-16/h4-7,11,14-15,17-18H,3,8-10H2,1-2H3/t11?,14-,15?/m0/s1. The molecule has 2 unspecified atom stereocenters. The Hall–Kier alpha value is -1.06. The highest BCUT2D eigenvalue weighted by Gasteiger charge is 2.24. The van der Waals surface area contributed by atoms with Crippen LogP contribution >= 0.6 is 0 Å². The van der Waals surface area contributed by atoms with Crippen LogP contribution in [0.25, 0.3) is 0 Å². The molecule has 1 aliphatic heterocycles. The Morgan fingerprint density at radius 2 is 2.00 bits per heavy atom. The number of anilines is 1. The Labute approximate surface area is 109 Å². The fraction of sp³-hybridized carbons (Fsp3) is 0.600. The van der Waals surface area contributed by atoms with E-state index in [1.165, 1.54) is 5.69 Å². The summed E-state index contributed by atoms with van der Waals surface area (Å²) < 4.78 is 0. The van der Waals surface area contributed by atoms with Crippen molar-refractivity contribution in [1.29, 1.82) is 0 Å². The van der Waals surface area contributed by atoms with Gasteiger partial charge in [0.2, 0.25) is 0 Å². The molecule has 2 N–H and O–H groups in total. The average molecular weight is 249 g/mol. The number of benzene rings is 1. The minimum absolute atomic E-state index is 0.164. The fourth-order valence-electron chi connectivity index (χ4n) is 2.51. The number of rotatable bonds is 3. The van der Waals surface area contributed by atoms with Crippen LogP contribution < -0.4 is 4.90 Å². The molecule has 1 aromatic rings. The van der Waals surface area contributed by atoms with Crippen LogP contribution in [-0.2, 0) is 0 Å². The van der Waals surface area contributed by atoms with E-state index >= 15 is 0 Å². The molecule has 1 fully saturated rings. The molecule has 0 aromatic heterocycles. The average Bonchev–Trinajstić information content (AvgIpc) is 2.41. The summed E-state index contributed by atoms with van der Waals surface area (Å²) in [6, 6.07) is 8.13. The predicted octanol–water partition coefficient (Wildman–Crippen LogP) is 2.34. The number of aliphatic hydroxyl groups is 2. The lowest BCUT2D eigenvalue weighted by Crippen LogP contribution is -2.41. The van der Waals surface area contributed by atoms with Crippen LogP contribution in [0.4, 0.5) is 5.69 Å². The lowest BCUT2D eigenvalue weighted by Gasteiger charge is -2.36. The van der Waals surface area contributed by atoms with Crippen molar-refractivity contribution in [1.82, 2.24) is 0 Å². The van der Waals surface area contributed by atoms with Crippen LogP contribution in [0.3, 0.4) is 0 Å². The van der Waals surface area contributed by atoms with E-state index in [-0.39, 0.29) is 12.2 Å². The Bertz CT molecular complexity index is 377. The van der Waals surface area contributed by atoms with Gasteiger partial charge in [0.25, 0.3) is 0 Å². The smallest absolute Gasteiger partial charge is 0.0787 e. The zero-order valence-electron chi connectivity index (χ0n) is 11.2. The molecule has 0 spiro atoms. The summed E-state index contributed by atoms with van der Waals surface area (Å²) >= 11 is 0. The van der Waals surface area contributed by atoms with E-state index in [4.69, 9.17) is 0 Å². The highest BCUT2D eigenvalue weighted by molar-refractivity contribution is 5.48. The molecule has 2 rings (SSSR count). The molecule has 0 saturated carbocycles. The Balaban J connectivity index is 2.06. The van der Waals surface area contributed by atoms with Gasteiger partial charge >= 0.3 is 0 Å². The number of aliphatic hydroxyl groups excluding tert-OH is 2. The summed E-state index contributed by atoms with van der Waals surface area (Å²) in [5, 5.41) is 19.5.